The summed E-state index contributed by atoms with van der Waals surface area (Å²) in [6, 6.07) is 6.27. The smallest absolute Gasteiger partial charge is 0.0424 e. The van der Waals surface area contributed by atoms with Gasteiger partial charge in [0.25, 0.3) is 0 Å². The average Bonchev–Trinajstić information content (AvgIpc) is 2.39. The van der Waals surface area contributed by atoms with Crippen LogP contribution >= 0.6 is 23.2 Å². The number of nitrogens with one attached hydrogen (secondary N) is 1. The Morgan fingerprint density at radius 3 is 2.37 bits per heavy atom. The van der Waals surface area contributed by atoms with Crippen molar-refractivity contribution in [3.05, 3.63) is 33.8 Å². The first-order valence-electron chi connectivity index (χ1n) is 7.29. The Labute approximate surface area is 126 Å². The van der Waals surface area contributed by atoms with E-state index in [1.807, 2.05) is 7.05 Å². The van der Waals surface area contributed by atoms with Gasteiger partial charge in [0.2, 0.25) is 0 Å². The number of hydrogen-bond donors (Lipinski definition) is 1. The van der Waals surface area contributed by atoms with Crippen molar-refractivity contribution in [1.29, 1.82) is 0 Å². The summed E-state index contributed by atoms with van der Waals surface area (Å²) in [6.07, 6.45) is 6.63. The summed E-state index contributed by atoms with van der Waals surface area (Å²) >= 11 is 12.3. The van der Waals surface area contributed by atoms with Crippen LogP contribution in [0.25, 0.3) is 0 Å². The van der Waals surface area contributed by atoms with E-state index in [-0.39, 0.29) is 0 Å². The molecule has 0 spiro atoms. The molecule has 1 aromatic carbocycles. The molecule has 106 valence electrons. The first-order valence-corrected chi connectivity index (χ1v) is 8.04. The second-order valence-electron chi connectivity index (χ2n) is 5.59. The van der Waals surface area contributed by atoms with Gasteiger partial charge < -0.3 is 5.32 Å². The van der Waals surface area contributed by atoms with Crippen molar-refractivity contribution in [2.75, 3.05) is 7.05 Å². The third-order valence-electron chi connectivity index (χ3n) is 4.48. The van der Waals surface area contributed by atoms with E-state index in [2.05, 4.69) is 24.4 Å². The highest BCUT2D eigenvalue weighted by Gasteiger charge is 2.31. The fourth-order valence-electron chi connectivity index (χ4n) is 3.56. The predicted octanol–water partition coefficient (Wildman–Crippen LogP) is 5.47. The maximum Gasteiger partial charge on any atom is 0.0424 e. The van der Waals surface area contributed by atoms with Gasteiger partial charge in [0.1, 0.15) is 0 Å². The molecule has 1 fully saturated rings. The topological polar surface area (TPSA) is 12.0 Å². The second-order valence-corrected chi connectivity index (χ2v) is 6.46. The molecule has 0 radical (unpaired) electrons. The lowest BCUT2D eigenvalue weighted by Crippen LogP contribution is -2.32. The van der Waals surface area contributed by atoms with Crippen molar-refractivity contribution in [1.82, 2.24) is 5.32 Å². The van der Waals surface area contributed by atoms with Crippen molar-refractivity contribution in [3.63, 3.8) is 0 Å². The molecule has 0 aromatic heterocycles. The quantitative estimate of drug-likeness (QED) is 0.777. The van der Waals surface area contributed by atoms with Crippen LogP contribution < -0.4 is 5.32 Å². The molecule has 0 saturated heterocycles. The predicted molar refractivity (Wildman–Crippen MR) is 84.0 cm³/mol. The van der Waals surface area contributed by atoms with Crippen LogP contribution in [0.5, 0.6) is 0 Å². The Hall–Kier alpha value is -0.240. The first-order chi connectivity index (χ1) is 9.15. The van der Waals surface area contributed by atoms with E-state index >= 15 is 0 Å². The van der Waals surface area contributed by atoms with Gasteiger partial charge in [-0.2, -0.15) is 0 Å². The van der Waals surface area contributed by atoms with Crippen LogP contribution in [0.4, 0.5) is 0 Å². The minimum absolute atomic E-state index is 0.362. The highest BCUT2D eigenvalue weighted by atomic mass is 35.5. The number of hydrogen-bond acceptors (Lipinski definition) is 1. The summed E-state index contributed by atoms with van der Waals surface area (Å²) in [5.74, 6) is 1.50. The second kappa shape index (κ2) is 6.97. The monoisotopic (exact) mass is 299 g/mol. The van der Waals surface area contributed by atoms with Crippen LogP contribution in [0.2, 0.25) is 10.0 Å². The molecule has 1 aliphatic carbocycles. The average molecular weight is 300 g/mol. The molecule has 1 nitrogen and oxygen atoms in total. The largest absolute Gasteiger partial charge is 0.313 e. The maximum atomic E-state index is 6.15. The molecule has 3 unspecified atom stereocenters. The van der Waals surface area contributed by atoms with Gasteiger partial charge in [0.15, 0.2) is 0 Å². The van der Waals surface area contributed by atoms with Crippen molar-refractivity contribution in [2.24, 2.45) is 11.8 Å². The van der Waals surface area contributed by atoms with E-state index in [0.29, 0.717) is 12.0 Å². The molecule has 0 heterocycles. The van der Waals surface area contributed by atoms with Crippen molar-refractivity contribution < 1.29 is 0 Å². The zero-order valence-corrected chi connectivity index (χ0v) is 13.3. The van der Waals surface area contributed by atoms with Crippen LogP contribution in [0.3, 0.4) is 0 Å². The van der Waals surface area contributed by atoms with Crippen molar-refractivity contribution in [2.45, 2.75) is 45.1 Å². The lowest BCUT2D eigenvalue weighted by atomic mass is 9.72. The number of benzene rings is 1. The molecule has 0 amide bonds. The zero-order chi connectivity index (χ0) is 13.8. The van der Waals surface area contributed by atoms with Crippen LogP contribution in [-0.2, 0) is 0 Å². The summed E-state index contributed by atoms with van der Waals surface area (Å²) in [6.45, 7) is 2.31. The Balaban J connectivity index is 2.27. The summed E-state index contributed by atoms with van der Waals surface area (Å²) in [5.41, 5.74) is 1.23. The summed E-state index contributed by atoms with van der Waals surface area (Å²) in [4.78, 5) is 0. The van der Waals surface area contributed by atoms with E-state index in [4.69, 9.17) is 23.2 Å². The van der Waals surface area contributed by atoms with Gasteiger partial charge in [0, 0.05) is 16.1 Å². The molecule has 3 atom stereocenters. The Kier molecular flexibility index (Phi) is 5.56. The minimum Gasteiger partial charge on any atom is -0.313 e. The molecule has 2 rings (SSSR count). The molecular weight excluding hydrogens is 277 g/mol. The summed E-state index contributed by atoms with van der Waals surface area (Å²) in [7, 11) is 2.04. The Bertz CT molecular complexity index is 399. The van der Waals surface area contributed by atoms with E-state index in [9.17, 15) is 0 Å². The molecule has 1 aliphatic rings. The highest BCUT2D eigenvalue weighted by Crippen LogP contribution is 2.41. The highest BCUT2D eigenvalue weighted by molar-refractivity contribution is 6.34. The number of halogens is 2. The minimum atomic E-state index is 0.362. The molecule has 0 aliphatic heterocycles. The third kappa shape index (κ3) is 3.65. The van der Waals surface area contributed by atoms with Gasteiger partial charge in [-0.05, 0) is 49.1 Å². The van der Waals surface area contributed by atoms with Gasteiger partial charge in [-0.15, -0.1) is 0 Å². The molecule has 19 heavy (non-hydrogen) atoms. The van der Waals surface area contributed by atoms with E-state index < -0.39 is 0 Å². The first kappa shape index (κ1) is 15.2. The zero-order valence-electron chi connectivity index (χ0n) is 11.8. The summed E-state index contributed by atoms with van der Waals surface area (Å²) < 4.78 is 0. The molecule has 1 aromatic rings. The van der Waals surface area contributed by atoms with E-state index in [0.717, 1.165) is 16.0 Å². The van der Waals surface area contributed by atoms with Crippen LogP contribution in [-0.4, -0.2) is 7.05 Å². The Morgan fingerprint density at radius 1 is 1.16 bits per heavy atom. The van der Waals surface area contributed by atoms with Crippen molar-refractivity contribution >= 4 is 23.2 Å². The van der Waals surface area contributed by atoms with Crippen molar-refractivity contribution in [3.8, 4) is 0 Å². The van der Waals surface area contributed by atoms with Gasteiger partial charge in [-0.1, -0.05) is 55.8 Å². The Morgan fingerprint density at radius 2 is 1.79 bits per heavy atom. The fraction of sp³-hybridized carbons (Fsp3) is 0.625. The molecule has 1 N–H and O–H groups in total. The molecular formula is C16H23Cl2N. The molecule has 1 saturated carbocycles. The normalized spacial score (nSPS) is 25.3. The third-order valence-corrected chi connectivity index (χ3v) is 4.91. The van der Waals surface area contributed by atoms with E-state index in [1.165, 1.54) is 37.7 Å². The van der Waals surface area contributed by atoms with Crippen LogP contribution in [0.1, 0.15) is 50.6 Å². The summed E-state index contributed by atoms with van der Waals surface area (Å²) in [5, 5.41) is 4.95. The van der Waals surface area contributed by atoms with Gasteiger partial charge in [0.05, 0.1) is 0 Å². The van der Waals surface area contributed by atoms with Crippen LogP contribution in [0, 0.1) is 11.8 Å². The molecule has 0 bridgehead atoms. The van der Waals surface area contributed by atoms with Gasteiger partial charge in [-0.25, -0.2) is 0 Å². The fourth-order valence-corrected chi connectivity index (χ4v) is 4.11. The van der Waals surface area contributed by atoms with Crippen LogP contribution in [0.15, 0.2) is 18.2 Å². The van der Waals surface area contributed by atoms with Gasteiger partial charge >= 0.3 is 0 Å². The standard InChI is InChI=1S/C16H23Cl2N/c1-3-11-6-4-5-7-15(11)16(19-2)12-8-13(17)10-14(18)9-12/h8-11,15-16,19H,3-7H2,1-2H3. The maximum absolute atomic E-state index is 6.15. The lowest BCUT2D eigenvalue weighted by molar-refractivity contribution is 0.180. The van der Waals surface area contributed by atoms with Gasteiger partial charge in [-0.3, -0.25) is 0 Å². The molecule has 3 heteroatoms. The lowest BCUT2D eigenvalue weighted by Gasteiger charge is -2.37. The SMILES string of the molecule is CCC1CCCCC1C(NC)c1cc(Cl)cc(Cl)c1. The number of rotatable bonds is 4. The van der Waals surface area contributed by atoms with E-state index in [1.54, 1.807) is 6.07 Å².